The molecule has 0 amide bonds. The van der Waals surface area contributed by atoms with Gasteiger partial charge in [-0.3, -0.25) is 0 Å². The molecule has 0 saturated heterocycles. The number of nitrogens with one attached hydrogen (secondary N) is 1. The zero-order valence-corrected chi connectivity index (χ0v) is 25.9. The summed E-state index contributed by atoms with van der Waals surface area (Å²) in [6.45, 7) is 17.2. The maximum absolute atomic E-state index is 10.9. The molecule has 0 bridgehead atoms. The highest BCUT2D eigenvalue weighted by Gasteiger charge is 2.43. The van der Waals surface area contributed by atoms with Crippen LogP contribution in [0.2, 0.25) is 12.1 Å². The van der Waals surface area contributed by atoms with E-state index in [1.54, 1.807) is 0 Å². The van der Waals surface area contributed by atoms with E-state index in [0.29, 0.717) is 52.0 Å². The van der Waals surface area contributed by atoms with Crippen LogP contribution in [0.5, 0.6) is 0 Å². The molecule has 0 aromatic carbocycles. The molecule has 1 aliphatic carbocycles. The summed E-state index contributed by atoms with van der Waals surface area (Å²) in [5.41, 5.74) is 5.22. The SMILES string of the molecule is CCO[Si](CCCNCCC1CC(CC[Si](OCC)(OCC)OCC)CCC1(N)O)(OCC)OCC. The molecular weight excluding hydrogens is 496 g/mol. The summed E-state index contributed by atoms with van der Waals surface area (Å²) in [5.74, 6) is 0.553. The number of hydrogen-bond acceptors (Lipinski definition) is 9. The molecule has 3 unspecified atom stereocenters. The van der Waals surface area contributed by atoms with Crippen LogP contribution < -0.4 is 11.1 Å². The normalized spacial score (nSPS) is 23.3. The van der Waals surface area contributed by atoms with Gasteiger partial charge in [-0.2, -0.15) is 0 Å². The average Bonchev–Trinajstić information content (AvgIpc) is 2.82. The fourth-order valence-electron chi connectivity index (χ4n) is 5.21. The maximum Gasteiger partial charge on any atom is 0.500 e. The summed E-state index contributed by atoms with van der Waals surface area (Å²) in [6.07, 6.45) is 5.21. The number of rotatable bonds is 22. The quantitative estimate of drug-likeness (QED) is 0.104. The highest BCUT2D eigenvalue weighted by Crippen LogP contribution is 2.39. The van der Waals surface area contributed by atoms with Crippen LogP contribution in [0.1, 0.15) is 80.1 Å². The van der Waals surface area contributed by atoms with Crippen LogP contribution in [0.4, 0.5) is 0 Å². The van der Waals surface area contributed by atoms with E-state index in [1.165, 1.54) is 0 Å². The monoisotopic (exact) mass is 552 g/mol. The topological polar surface area (TPSA) is 114 Å². The van der Waals surface area contributed by atoms with Gasteiger partial charge in [0.1, 0.15) is 5.72 Å². The lowest BCUT2D eigenvalue weighted by molar-refractivity contribution is -0.0606. The Morgan fingerprint density at radius 1 is 0.750 bits per heavy atom. The first kappa shape index (κ1) is 34.1. The molecule has 4 N–H and O–H groups in total. The van der Waals surface area contributed by atoms with Crippen molar-refractivity contribution in [2.24, 2.45) is 17.6 Å². The molecule has 11 heteroatoms. The van der Waals surface area contributed by atoms with Crippen LogP contribution in [0.3, 0.4) is 0 Å². The molecule has 9 nitrogen and oxygen atoms in total. The first-order chi connectivity index (χ1) is 17.3. The van der Waals surface area contributed by atoms with Crippen LogP contribution in [-0.2, 0) is 26.6 Å². The number of aliphatic hydroxyl groups is 1. The fraction of sp³-hybridized carbons (Fsp3) is 1.00. The fourth-order valence-corrected chi connectivity index (χ4v) is 10.6. The van der Waals surface area contributed by atoms with Gasteiger partial charge in [-0.05, 0) is 99.1 Å². The van der Waals surface area contributed by atoms with E-state index < -0.39 is 23.3 Å². The summed E-state index contributed by atoms with van der Waals surface area (Å²) in [6, 6.07) is 1.61. The molecular formula is C25H56N2O7Si2. The molecule has 1 fully saturated rings. The minimum atomic E-state index is -2.64. The predicted octanol–water partition coefficient (Wildman–Crippen LogP) is 3.91. The van der Waals surface area contributed by atoms with Crippen LogP contribution in [0.25, 0.3) is 0 Å². The van der Waals surface area contributed by atoms with Gasteiger partial charge in [-0.15, -0.1) is 0 Å². The highest BCUT2D eigenvalue weighted by molar-refractivity contribution is 6.61. The Hall–Kier alpha value is 0.0738. The summed E-state index contributed by atoms with van der Waals surface area (Å²) >= 11 is 0. The lowest BCUT2D eigenvalue weighted by Crippen LogP contribution is -2.52. The minimum absolute atomic E-state index is 0.0647. The molecule has 1 rings (SSSR count). The summed E-state index contributed by atoms with van der Waals surface area (Å²) in [4.78, 5) is 0. The minimum Gasteiger partial charge on any atom is -0.376 e. The maximum atomic E-state index is 10.9. The molecule has 1 aliphatic rings. The van der Waals surface area contributed by atoms with Crippen LogP contribution in [-0.4, -0.2) is 81.2 Å². The smallest absolute Gasteiger partial charge is 0.376 e. The average molecular weight is 553 g/mol. The molecule has 0 spiro atoms. The van der Waals surface area contributed by atoms with Crippen LogP contribution in [0, 0.1) is 11.8 Å². The first-order valence-corrected chi connectivity index (χ1v) is 18.2. The van der Waals surface area contributed by atoms with Crippen LogP contribution in [0.15, 0.2) is 0 Å². The van der Waals surface area contributed by atoms with Gasteiger partial charge < -0.3 is 42.7 Å². The predicted molar refractivity (Wildman–Crippen MR) is 148 cm³/mol. The van der Waals surface area contributed by atoms with E-state index in [1.807, 2.05) is 41.5 Å². The lowest BCUT2D eigenvalue weighted by atomic mass is 9.73. The van der Waals surface area contributed by atoms with Gasteiger partial charge in [0.25, 0.3) is 0 Å². The molecule has 0 radical (unpaired) electrons. The lowest BCUT2D eigenvalue weighted by Gasteiger charge is -2.41. The zero-order valence-electron chi connectivity index (χ0n) is 23.9. The first-order valence-electron chi connectivity index (χ1n) is 14.3. The Kier molecular flexibility index (Phi) is 17.4. The van der Waals surface area contributed by atoms with Crippen molar-refractivity contribution in [1.82, 2.24) is 5.32 Å². The van der Waals surface area contributed by atoms with Gasteiger partial charge in [0.15, 0.2) is 0 Å². The molecule has 0 aliphatic heterocycles. The molecule has 0 heterocycles. The van der Waals surface area contributed by atoms with E-state index >= 15 is 0 Å². The number of hydrogen-bond donors (Lipinski definition) is 3. The molecule has 216 valence electrons. The van der Waals surface area contributed by atoms with Gasteiger partial charge in [-0.25, -0.2) is 0 Å². The Morgan fingerprint density at radius 3 is 1.69 bits per heavy atom. The second-order valence-corrected chi connectivity index (χ2v) is 14.9. The largest absolute Gasteiger partial charge is 0.500 e. The standard InChI is InChI=1S/C25H56N2O7Si2/c1-7-29-35(30-8-2,31-9-3)20-13-18-27-19-15-24-22-23(14-17-25(24,26)28)16-21-36(32-10-4,33-11-5)34-12-6/h23-24,27-28H,7-22,26H2,1-6H3. The second kappa shape index (κ2) is 18.4. The Morgan fingerprint density at radius 2 is 1.22 bits per heavy atom. The van der Waals surface area contributed by atoms with Crippen molar-refractivity contribution in [3.63, 3.8) is 0 Å². The Labute approximate surface area is 222 Å². The van der Waals surface area contributed by atoms with Crippen molar-refractivity contribution < 1.29 is 31.7 Å². The molecule has 1 saturated carbocycles. The van der Waals surface area contributed by atoms with Gasteiger partial charge in [0.05, 0.1) is 0 Å². The highest BCUT2D eigenvalue weighted by atomic mass is 28.4. The van der Waals surface area contributed by atoms with Crippen molar-refractivity contribution in [3.8, 4) is 0 Å². The van der Waals surface area contributed by atoms with Gasteiger partial charge in [0, 0.05) is 57.6 Å². The number of nitrogens with two attached hydrogens (primary N) is 1. The van der Waals surface area contributed by atoms with Crippen molar-refractivity contribution >= 4 is 17.6 Å². The molecule has 0 aromatic heterocycles. The summed E-state index contributed by atoms with van der Waals surface area (Å²) in [7, 11) is -5.24. The third-order valence-electron chi connectivity index (χ3n) is 6.83. The van der Waals surface area contributed by atoms with Crippen molar-refractivity contribution in [2.75, 3.05) is 52.7 Å². The van der Waals surface area contributed by atoms with E-state index in [-0.39, 0.29) is 5.92 Å². The van der Waals surface area contributed by atoms with E-state index in [2.05, 4.69) is 5.32 Å². The summed E-state index contributed by atoms with van der Waals surface area (Å²) in [5, 5.41) is 14.4. The summed E-state index contributed by atoms with van der Waals surface area (Å²) < 4.78 is 35.9. The Balaban J connectivity index is 2.53. The van der Waals surface area contributed by atoms with Gasteiger partial charge in [0.2, 0.25) is 0 Å². The van der Waals surface area contributed by atoms with Gasteiger partial charge >= 0.3 is 17.6 Å². The van der Waals surface area contributed by atoms with E-state index in [0.717, 1.165) is 57.3 Å². The second-order valence-electron chi connectivity index (χ2n) is 9.47. The van der Waals surface area contributed by atoms with E-state index in [9.17, 15) is 5.11 Å². The van der Waals surface area contributed by atoms with E-state index in [4.69, 9.17) is 32.3 Å². The third kappa shape index (κ3) is 11.9. The Bertz CT molecular complexity index is 526. The molecule has 3 atom stereocenters. The molecule has 0 aromatic rings. The van der Waals surface area contributed by atoms with Crippen molar-refractivity contribution in [1.29, 1.82) is 0 Å². The van der Waals surface area contributed by atoms with Crippen molar-refractivity contribution in [3.05, 3.63) is 0 Å². The third-order valence-corrected chi connectivity index (χ3v) is 13.1. The zero-order chi connectivity index (χ0) is 26.9. The van der Waals surface area contributed by atoms with Crippen LogP contribution >= 0.6 is 0 Å². The van der Waals surface area contributed by atoms with Crippen molar-refractivity contribution in [2.45, 2.75) is 97.9 Å². The van der Waals surface area contributed by atoms with Gasteiger partial charge in [-0.1, -0.05) is 0 Å². The molecule has 36 heavy (non-hydrogen) atoms.